The molecule has 1 atom stereocenters. The van der Waals surface area contributed by atoms with Crippen molar-refractivity contribution in [3.63, 3.8) is 0 Å². The third-order valence-corrected chi connectivity index (χ3v) is 5.71. The number of aryl methyl sites for hydroxylation is 1. The summed E-state index contributed by atoms with van der Waals surface area (Å²) in [6.45, 7) is 2.45. The van der Waals surface area contributed by atoms with Gasteiger partial charge in [-0.05, 0) is 24.6 Å². The zero-order valence-electron chi connectivity index (χ0n) is 16.3. The summed E-state index contributed by atoms with van der Waals surface area (Å²) in [6, 6.07) is 4.07. The van der Waals surface area contributed by atoms with Crippen LogP contribution in [-0.2, 0) is 22.7 Å². The van der Waals surface area contributed by atoms with Crippen LogP contribution in [0.5, 0.6) is 11.5 Å². The van der Waals surface area contributed by atoms with Crippen molar-refractivity contribution in [2.75, 3.05) is 13.9 Å². The van der Waals surface area contributed by atoms with Crippen molar-refractivity contribution in [1.82, 2.24) is 9.55 Å². The molecule has 1 unspecified atom stereocenters. The monoisotopic (exact) mass is 407 g/mol. The van der Waals surface area contributed by atoms with Gasteiger partial charge < -0.3 is 23.6 Å². The van der Waals surface area contributed by atoms with Gasteiger partial charge in [-0.25, -0.2) is 4.98 Å². The average molecular weight is 407 g/mol. The van der Waals surface area contributed by atoms with Crippen molar-refractivity contribution in [2.24, 2.45) is 5.18 Å². The van der Waals surface area contributed by atoms with Crippen LogP contribution in [0.3, 0.4) is 0 Å². The first-order chi connectivity index (χ1) is 14.6. The maximum Gasteiger partial charge on any atom is 0.257 e. The number of hydrogen-bond acceptors (Lipinski definition) is 8. The molecular formula is C21H17N3O6. The first kappa shape index (κ1) is 18.4. The summed E-state index contributed by atoms with van der Waals surface area (Å²) in [6.07, 6.45) is 0.424. The molecule has 0 bridgehead atoms. The number of nitroso groups, excluding NO2 is 1. The topological polar surface area (TPSA) is 109 Å². The van der Waals surface area contributed by atoms with Gasteiger partial charge in [0.25, 0.3) is 5.56 Å². The smallest absolute Gasteiger partial charge is 0.257 e. The zero-order chi connectivity index (χ0) is 21.0. The first-order valence-electron chi connectivity index (χ1n) is 9.33. The van der Waals surface area contributed by atoms with Gasteiger partial charge in [0, 0.05) is 35.3 Å². The van der Waals surface area contributed by atoms with Crippen LogP contribution < -0.4 is 15.0 Å². The average Bonchev–Trinajstić information content (AvgIpc) is 3.35. The SMILES string of the molecule is COCc1c(C(C=O)N=O)cc2n(c1=O)Cc1c-2nc2cc3c(cc2c1C)OCO3. The Morgan fingerprint density at radius 2 is 2.07 bits per heavy atom. The lowest BCUT2D eigenvalue weighted by Crippen LogP contribution is -2.26. The van der Waals surface area contributed by atoms with Crippen LogP contribution in [0.1, 0.15) is 28.3 Å². The summed E-state index contributed by atoms with van der Waals surface area (Å²) < 4.78 is 17.7. The molecule has 4 heterocycles. The molecule has 9 heteroatoms. The maximum absolute atomic E-state index is 13.2. The third kappa shape index (κ3) is 2.48. The Hall–Kier alpha value is -3.59. The number of benzene rings is 1. The predicted octanol–water partition coefficient (Wildman–Crippen LogP) is 2.62. The number of hydrogen-bond donors (Lipinski definition) is 0. The lowest BCUT2D eigenvalue weighted by atomic mass is 9.99. The van der Waals surface area contributed by atoms with Crippen molar-refractivity contribution < 1.29 is 19.0 Å². The molecule has 2 aliphatic heterocycles. The van der Waals surface area contributed by atoms with Crippen molar-refractivity contribution in [2.45, 2.75) is 26.1 Å². The second-order valence-corrected chi connectivity index (χ2v) is 7.26. The molecule has 0 fully saturated rings. The first-order valence-corrected chi connectivity index (χ1v) is 9.33. The molecule has 0 saturated heterocycles. The maximum atomic E-state index is 13.2. The highest BCUT2D eigenvalue weighted by atomic mass is 16.7. The zero-order valence-corrected chi connectivity index (χ0v) is 16.3. The number of aldehydes is 1. The molecule has 2 aliphatic rings. The molecule has 0 saturated carbocycles. The van der Waals surface area contributed by atoms with Gasteiger partial charge in [-0.3, -0.25) is 4.79 Å². The Balaban J connectivity index is 1.78. The minimum atomic E-state index is -1.28. The molecule has 0 N–H and O–H groups in total. The summed E-state index contributed by atoms with van der Waals surface area (Å²) >= 11 is 0. The van der Waals surface area contributed by atoms with Gasteiger partial charge in [0.2, 0.25) is 6.79 Å². The molecule has 5 rings (SSSR count). The highest BCUT2D eigenvalue weighted by Gasteiger charge is 2.30. The van der Waals surface area contributed by atoms with Gasteiger partial charge in [-0.2, -0.15) is 0 Å². The van der Waals surface area contributed by atoms with Crippen molar-refractivity contribution in [1.29, 1.82) is 0 Å². The van der Waals surface area contributed by atoms with Gasteiger partial charge in [-0.1, -0.05) is 5.18 Å². The van der Waals surface area contributed by atoms with Crippen LogP contribution in [0.2, 0.25) is 0 Å². The van der Waals surface area contributed by atoms with Crippen molar-refractivity contribution in [3.05, 3.63) is 55.7 Å². The fourth-order valence-corrected chi connectivity index (χ4v) is 4.19. The van der Waals surface area contributed by atoms with Gasteiger partial charge in [0.1, 0.15) is 0 Å². The lowest BCUT2D eigenvalue weighted by Gasteiger charge is -2.13. The quantitative estimate of drug-likeness (QED) is 0.369. The summed E-state index contributed by atoms with van der Waals surface area (Å²) in [5.41, 5.74) is 3.94. The Morgan fingerprint density at radius 1 is 1.30 bits per heavy atom. The minimum absolute atomic E-state index is 0.0273. The minimum Gasteiger partial charge on any atom is -0.454 e. The van der Waals surface area contributed by atoms with E-state index in [0.29, 0.717) is 41.2 Å². The molecule has 1 aromatic carbocycles. The number of pyridine rings is 2. The van der Waals surface area contributed by atoms with E-state index in [4.69, 9.17) is 19.2 Å². The largest absolute Gasteiger partial charge is 0.454 e. The third-order valence-electron chi connectivity index (χ3n) is 5.71. The Bertz CT molecular complexity index is 1290. The van der Waals surface area contributed by atoms with Crippen LogP contribution >= 0.6 is 0 Å². The summed E-state index contributed by atoms with van der Waals surface area (Å²) in [7, 11) is 1.45. The molecule has 30 heavy (non-hydrogen) atoms. The number of methoxy groups -OCH3 is 1. The van der Waals surface area contributed by atoms with E-state index >= 15 is 0 Å². The van der Waals surface area contributed by atoms with Crippen LogP contribution in [-0.4, -0.2) is 29.7 Å². The van der Waals surface area contributed by atoms with Gasteiger partial charge in [-0.15, -0.1) is 4.91 Å². The van der Waals surface area contributed by atoms with E-state index in [1.54, 1.807) is 10.6 Å². The van der Waals surface area contributed by atoms with Crippen LogP contribution in [0.4, 0.5) is 0 Å². The molecule has 0 spiro atoms. The van der Waals surface area contributed by atoms with E-state index in [9.17, 15) is 14.5 Å². The van der Waals surface area contributed by atoms with E-state index in [1.165, 1.54) is 7.11 Å². The van der Waals surface area contributed by atoms with E-state index in [2.05, 4.69) is 5.18 Å². The summed E-state index contributed by atoms with van der Waals surface area (Å²) in [4.78, 5) is 40.6. The normalized spacial score (nSPS) is 14.5. The number of carbonyl (C=O) groups excluding carboxylic acids is 1. The number of rotatable bonds is 5. The molecule has 2 aromatic heterocycles. The van der Waals surface area contributed by atoms with Gasteiger partial charge >= 0.3 is 0 Å². The summed E-state index contributed by atoms with van der Waals surface area (Å²) in [5.74, 6) is 1.28. The molecule has 9 nitrogen and oxygen atoms in total. The molecule has 0 aliphatic carbocycles. The summed E-state index contributed by atoms with van der Waals surface area (Å²) in [5, 5.41) is 3.79. The van der Waals surface area contributed by atoms with E-state index in [0.717, 1.165) is 16.5 Å². The van der Waals surface area contributed by atoms with Gasteiger partial charge in [0.15, 0.2) is 23.8 Å². The molecular weight excluding hydrogens is 390 g/mol. The second-order valence-electron chi connectivity index (χ2n) is 7.26. The van der Waals surface area contributed by atoms with Crippen molar-refractivity contribution in [3.8, 4) is 22.9 Å². The lowest BCUT2D eigenvalue weighted by molar-refractivity contribution is -0.109. The standard InChI is InChI=1S/C21H17N3O6/c1-10-11-4-18-19(30-9-29-18)5-15(11)22-20-13(10)6-24-17(20)3-12(16(7-25)23-27)14(8-28-2)21(24)26/h3-5,7,16H,6,8-9H2,1-2H3. The fraction of sp³-hybridized carbons (Fsp3) is 0.286. The fourth-order valence-electron chi connectivity index (χ4n) is 4.19. The molecule has 0 amide bonds. The number of carbonyl (C=O) groups is 1. The van der Waals surface area contributed by atoms with Crippen LogP contribution in [0, 0.1) is 11.8 Å². The van der Waals surface area contributed by atoms with Crippen LogP contribution in [0.15, 0.2) is 28.2 Å². The van der Waals surface area contributed by atoms with E-state index in [1.807, 2.05) is 19.1 Å². The highest BCUT2D eigenvalue weighted by molar-refractivity contribution is 5.90. The number of fused-ring (bicyclic) bond motifs is 5. The molecule has 3 aromatic rings. The number of nitrogens with zero attached hydrogens (tertiary/aromatic N) is 3. The number of ether oxygens (including phenoxy) is 3. The second kappa shape index (κ2) is 6.74. The molecule has 152 valence electrons. The Labute approximate surface area is 170 Å². The Morgan fingerprint density at radius 3 is 2.77 bits per heavy atom. The Kier molecular flexibility index (Phi) is 4.14. The van der Waals surface area contributed by atoms with Gasteiger partial charge in [0.05, 0.1) is 30.1 Å². The van der Waals surface area contributed by atoms with Crippen molar-refractivity contribution >= 4 is 17.2 Å². The van der Waals surface area contributed by atoms with E-state index < -0.39 is 6.04 Å². The highest BCUT2D eigenvalue weighted by Crippen LogP contribution is 2.41. The van der Waals surface area contributed by atoms with E-state index in [-0.39, 0.29) is 30.1 Å². The predicted molar refractivity (Wildman–Crippen MR) is 107 cm³/mol. The van der Waals surface area contributed by atoms with Crippen LogP contribution in [0.25, 0.3) is 22.3 Å². The number of aromatic nitrogens is 2. The molecule has 0 radical (unpaired) electrons.